The molecular weight excluding hydrogens is 270 g/mol. The molecule has 2 aromatic rings. The van der Waals surface area contributed by atoms with E-state index in [0.717, 1.165) is 24.0 Å². The molecule has 0 N–H and O–H groups in total. The highest BCUT2D eigenvalue weighted by Crippen LogP contribution is 2.21. The van der Waals surface area contributed by atoms with Gasteiger partial charge in [-0.3, -0.25) is 4.90 Å². The molecule has 0 amide bonds. The molecule has 3 nitrogen and oxygen atoms in total. The number of aromatic nitrogens is 2. The number of benzene rings is 1. The predicted octanol–water partition coefficient (Wildman–Crippen LogP) is 3.45. The van der Waals surface area contributed by atoms with Crippen molar-refractivity contribution in [2.75, 3.05) is 13.1 Å². The van der Waals surface area contributed by atoms with Gasteiger partial charge in [-0.25, -0.2) is 4.98 Å². The molecule has 1 saturated heterocycles. The van der Waals surface area contributed by atoms with Gasteiger partial charge in [-0.2, -0.15) is 0 Å². The standard InChI is InChI=1S/C16H20ClN3/c17-16-3-1-2-15(10-16)12-19-7-4-14(5-8-19)11-20-9-6-18-13-20/h1-3,6,9-10,13-14H,4-5,7-8,11-12H2. The molecule has 106 valence electrons. The first-order valence-electron chi connectivity index (χ1n) is 7.22. The number of rotatable bonds is 4. The zero-order chi connectivity index (χ0) is 13.8. The minimum atomic E-state index is 0.778. The van der Waals surface area contributed by atoms with Crippen molar-refractivity contribution in [3.63, 3.8) is 0 Å². The number of hydrogen-bond acceptors (Lipinski definition) is 2. The van der Waals surface area contributed by atoms with Crippen LogP contribution in [0.3, 0.4) is 0 Å². The molecule has 20 heavy (non-hydrogen) atoms. The molecule has 0 unspecified atom stereocenters. The summed E-state index contributed by atoms with van der Waals surface area (Å²) in [7, 11) is 0. The molecule has 1 aromatic carbocycles. The number of halogens is 1. The summed E-state index contributed by atoms with van der Waals surface area (Å²) >= 11 is 6.04. The highest BCUT2D eigenvalue weighted by molar-refractivity contribution is 6.30. The van der Waals surface area contributed by atoms with E-state index in [-0.39, 0.29) is 0 Å². The van der Waals surface area contributed by atoms with Gasteiger partial charge in [0.05, 0.1) is 6.33 Å². The van der Waals surface area contributed by atoms with E-state index < -0.39 is 0 Å². The van der Waals surface area contributed by atoms with Crippen LogP contribution in [0.1, 0.15) is 18.4 Å². The van der Waals surface area contributed by atoms with Crippen LogP contribution in [0, 0.1) is 5.92 Å². The topological polar surface area (TPSA) is 21.1 Å². The van der Waals surface area contributed by atoms with Crippen molar-refractivity contribution in [2.45, 2.75) is 25.9 Å². The first-order chi connectivity index (χ1) is 9.79. The minimum absolute atomic E-state index is 0.778. The Bertz CT molecular complexity index is 530. The SMILES string of the molecule is Clc1cccc(CN2CCC(Cn3ccnc3)CC2)c1. The van der Waals surface area contributed by atoms with Gasteiger partial charge in [0.15, 0.2) is 0 Å². The van der Waals surface area contributed by atoms with Crippen molar-refractivity contribution in [3.05, 3.63) is 53.6 Å². The van der Waals surface area contributed by atoms with Gasteiger partial charge in [0.2, 0.25) is 0 Å². The summed E-state index contributed by atoms with van der Waals surface area (Å²) in [5.74, 6) is 0.778. The summed E-state index contributed by atoms with van der Waals surface area (Å²) in [5, 5.41) is 0.831. The third-order valence-corrected chi connectivity index (χ3v) is 4.27. The fourth-order valence-corrected chi connectivity index (χ4v) is 3.13. The van der Waals surface area contributed by atoms with Crippen LogP contribution in [0.25, 0.3) is 0 Å². The van der Waals surface area contributed by atoms with Crippen LogP contribution in [-0.4, -0.2) is 27.5 Å². The third kappa shape index (κ3) is 3.62. The van der Waals surface area contributed by atoms with E-state index in [9.17, 15) is 0 Å². The van der Waals surface area contributed by atoms with Gasteiger partial charge < -0.3 is 4.57 Å². The monoisotopic (exact) mass is 289 g/mol. The molecular formula is C16H20ClN3. The predicted molar refractivity (Wildman–Crippen MR) is 81.7 cm³/mol. The van der Waals surface area contributed by atoms with Gasteiger partial charge in [-0.05, 0) is 49.5 Å². The maximum atomic E-state index is 6.04. The van der Waals surface area contributed by atoms with Crippen molar-refractivity contribution in [3.8, 4) is 0 Å². The van der Waals surface area contributed by atoms with Crippen molar-refractivity contribution < 1.29 is 0 Å². The van der Waals surface area contributed by atoms with Crippen molar-refractivity contribution >= 4 is 11.6 Å². The second kappa shape index (κ2) is 6.42. The Morgan fingerprint density at radius 3 is 2.80 bits per heavy atom. The minimum Gasteiger partial charge on any atom is -0.337 e. The molecule has 1 aliphatic rings. The summed E-state index contributed by atoms with van der Waals surface area (Å²) in [5.41, 5.74) is 1.31. The highest BCUT2D eigenvalue weighted by atomic mass is 35.5. The summed E-state index contributed by atoms with van der Waals surface area (Å²) in [6, 6.07) is 8.19. The number of imidazole rings is 1. The third-order valence-electron chi connectivity index (χ3n) is 4.03. The normalized spacial score (nSPS) is 17.4. The average Bonchev–Trinajstić information content (AvgIpc) is 2.94. The molecule has 2 heterocycles. The average molecular weight is 290 g/mol. The molecule has 3 rings (SSSR count). The Kier molecular flexibility index (Phi) is 4.38. The first-order valence-corrected chi connectivity index (χ1v) is 7.60. The molecule has 4 heteroatoms. The molecule has 0 saturated carbocycles. The van der Waals surface area contributed by atoms with E-state index >= 15 is 0 Å². The smallest absolute Gasteiger partial charge is 0.0945 e. The second-order valence-electron chi connectivity index (χ2n) is 5.61. The van der Waals surface area contributed by atoms with Crippen LogP contribution in [0.2, 0.25) is 5.02 Å². The lowest BCUT2D eigenvalue weighted by atomic mass is 9.96. The molecule has 1 aromatic heterocycles. The number of hydrogen-bond donors (Lipinski definition) is 0. The van der Waals surface area contributed by atoms with E-state index in [1.165, 1.54) is 31.5 Å². The molecule has 1 aliphatic heterocycles. The summed E-state index contributed by atoms with van der Waals surface area (Å²) in [6.45, 7) is 4.46. The summed E-state index contributed by atoms with van der Waals surface area (Å²) < 4.78 is 2.19. The van der Waals surface area contributed by atoms with E-state index in [1.54, 1.807) is 0 Å². The Morgan fingerprint density at radius 2 is 2.10 bits per heavy atom. The Balaban J connectivity index is 1.48. The van der Waals surface area contributed by atoms with Crippen molar-refractivity contribution in [2.24, 2.45) is 5.92 Å². The van der Waals surface area contributed by atoms with E-state index in [0.29, 0.717) is 0 Å². The lowest BCUT2D eigenvalue weighted by molar-refractivity contribution is 0.167. The Morgan fingerprint density at radius 1 is 1.25 bits per heavy atom. The second-order valence-corrected chi connectivity index (χ2v) is 6.05. The van der Waals surface area contributed by atoms with E-state index in [2.05, 4.69) is 32.8 Å². The van der Waals surface area contributed by atoms with Gasteiger partial charge >= 0.3 is 0 Å². The van der Waals surface area contributed by atoms with Gasteiger partial charge in [0.25, 0.3) is 0 Å². The number of nitrogens with zero attached hydrogens (tertiary/aromatic N) is 3. The molecule has 0 aliphatic carbocycles. The van der Waals surface area contributed by atoms with Gasteiger partial charge in [-0.15, -0.1) is 0 Å². The highest BCUT2D eigenvalue weighted by Gasteiger charge is 2.19. The zero-order valence-corrected chi connectivity index (χ0v) is 12.3. The molecule has 0 radical (unpaired) electrons. The Hall–Kier alpha value is -1.32. The van der Waals surface area contributed by atoms with Crippen molar-refractivity contribution in [1.29, 1.82) is 0 Å². The van der Waals surface area contributed by atoms with Crippen LogP contribution < -0.4 is 0 Å². The fourth-order valence-electron chi connectivity index (χ4n) is 2.91. The largest absolute Gasteiger partial charge is 0.337 e. The maximum absolute atomic E-state index is 6.04. The zero-order valence-electron chi connectivity index (χ0n) is 11.6. The molecule has 1 fully saturated rings. The van der Waals surface area contributed by atoms with Crippen LogP contribution >= 0.6 is 11.6 Å². The maximum Gasteiger partial charge on any atom is 0.0945 e. The Labute approximate surface area is 125 Å². The summed E-state index contributed by atoms with van der Waals surface area (Å²) in [4.78, 5) is 6.63. The van der Waals surface area contributed by atoms with E-state index in [4.69, 9.17) is 11.6 Å². The quantitative estimate of drug-likeness (QED) is 0.860. The van der Waals surface area contributed by atoms with Gasteiger partial charge in [0, 0.05) is 30.5 Å². The lowest BCUT2D eigenvalue weighted by Gasteiger charge is -2.32. The molecule has 0 atom stereocenters. The van der Waals surface area contributed by atoms with Crippen molar-refractivity contribution in [1.82, 2.24) is 14.5 Å². The number of piperidine rings is 1. The molecule has 0 spiro atoms. The van der Waals surface area contributed by atoms with Crippen LogP contribution in [0.15, 0.2) is 43.0 Å². The fraction of sp³-hybridized carbons (Fsp3) is 0.438. The van der Waals surface area contributed by atoms with Gasteiger partial charge in [0.1, 0.15) is 0 Å². The first kappa shape index (κ1) is 13.7. The van der Waals surface area contributed by atoms with Gasteiger partial charge in [-0.1, -0.05) is 23.7 Å². The van der Waals surface area contributed by atoms with Crippen LogP contribution in [-0.2, 0) is 13.1 Å². The van der Waals surface area contributed by atoms with Crippen LogP contribution in [0.5, 0.6) is 0 Å². The summed E-state index contributed by atoms with van der Waals surface area (Å²) in [6.07, 6.45) is 8.35. The lowest BCUT2D eigenvalue weighted by Crippen LogP contribution is -2.34. The molecule has 0 bridgehead atoms. The van der Waals surface area contributed by atoms with Crippen LogP contribution in [0.4, 0.5) is 0 Å². The number of likely N-dealkylation sites (tertiary alicyclic amines) is 1. The van der Waals surface area contributed by atoms with E-state index in [1.807, 2.05) is 24.7 Å².